The van der Waals surface area contributed by atoms with E-state index < -0.39 is 11.6 Å². The Morgan fingerprint density at radius 3 is 2.70 bits per heavy atom. The molecule has 0 aliphatic carbocycles. The van der Waals surface area contributed by atoms with E-state index >= 15 is 0 Å². The first-order valence-corrected chi connectivity index (χ1v) is 12.8. The number of aromatic amines is 1. The zero-order valence-corrected chi connectivity index (χ0v) is 21.2. The number of phenols is 1. The number of benzene rings is 2. The summed E-state index contributed by atoms with van der Waals surface area (Å²) >= 11 is 0. The summed E-state index contributed by atoms with van der Waals surface area (Å²) in [6.07, 6.45) is 1.11. The van der Waals surface area contributed by atoms with Crippen LogP contribution < -0.4 is 4.74 Å². The van der Waals surface area contributed by atoms with E-state index in [9.17, 15) is 14.7 Å². The summed E-state index contributed by atoms with van der Waals surface area (Å²) < 4.78 is 10.9. The number of amides is 3. The molecule has 2 aromatic carbocycles. The van der Waals surface area contributed by atoms with E-state index in [1.807, 2.05) is 31.2 Å². The molecule has 3 aliphatic rings. The summed E-state index contributed by atoms with van der Waals surface area (Å²) in [5.41, 5.74) is 2.49. The summed E-state index contributed by atoms with van der Waals surface area (Å²) in [5.74, 6) is 0.673. The number of rotatable bonds is 6. The standard InChI is InChI=1S/C28H32N4O5/c1-28-17-22-21-16-20(36-2)7-8-23(21)29-24(22)25(18-5-3-6-19(33)15-18)32(28)27(35)31(26(28)34)10-4-9-30-11-13-37-14-12-30/h3,5-8,15-16,25,29,33H,4,9-14,17H2,1-2H3/t25-,28+/m1/s1. The molecule has 3 aliphatic heterocycles. The van der Waals surface area contributed by atoms with Gasteiger partial charge in [0.2, 0.25) is 0 Å². The van der Waals surface area contributed by atoms with Crippen molar-refractivity contribution in [1.29, 1.82) is 0 Å². The number of morpholine rings is 1. The number of imide groups is 1. The second kappa shape index (κ2) is 9.08. The predicted molar refractivity (Wildman–Crippen MR) is 138 cm³/mol. The number of aromatic hydroxyl groups is 1. The average Bonchev–Trinajstić information content (AvgIpc) is 3.35. The third-order valence-electron chi connectivity index (χ3n) is 8.02. The summed E-state index contributed by atoms with van der Waals surface area (Å²) in [5, 5.41) is 11.3. The van der Waals surface area contributed by atoms with Crippen LogP contribution in [0.3, 0.4) is 0 Å². The van der Waals surface area contributed by atoms with Crippen molar-refractivity contribution in [2.24, 2.45) is 0 Å². The van der Waals surface area contributed by atoms with E-state index in [1.54, 1.807) is 30.2 Å². The first-order chi connectivity index (χ1) is 17.9. The highest BCUT2D eigenvalue weighted by molar-refractivity contribution is 6.08. The van der Waals surface area contributed by atoms with Gasteiger partial charge in [0.1, 0.15) is 23.1 Å². The molecule has 0 radical (unpaired) electrons. The van der Waals surface area contributed by atoms with E-state index in [0.717, 1.165) is 66.3 Å². The number of nitrogens with zero attached hydrogens (tertiary/aromatic N) is 3. The number of hydrogen-bond donors (Lipinski definition) is 2. The van der Waals surface area contributed by atoms with Gasteiger partial charge in [-0.25, -0.2) is 4.79 Å². The molecule has 1 aromatic heterocycles. The monoisotopic (exact) mass is 504 g/mol. The van der Waals surface area contributed by atoms with Gasteiger partial charge in [-0.05, 0) is 54.8 Å². The minimum absolute atomic E-state index is 0.115. The lowest BCUT2D eigenvalue weighted by Crippen LogP contribution is -2.53. The molecule has 9 nitrogen and oxygen atoms in total. The number of hydrogen-bond acceptors (Lipinski definition) is 6. The van der Waals surface area contributed by atoms with Crippen LogP contribution in [0.15, 0.2) is 42.5 Å². The number of phenolic OH excluding ortho intramolecular Hbond substituents is 1. The number of H-pyrrole nitrogens is 1. The molecular formula is C28H32N4O5. The second-order valence-electron chi connectivity index (χ2n) is 10.3. The van der Waals surface area contributed by atoms with Crippen LogP contribution in [-0.2, 0) is 16.0 Å². The fraction of sp³-hybridized carbons (Fsp3) is 0.429. The number of aromatic nitrogens is 1. The molecule has 2 saturated heterocycles. The van der Waals surface area contributed by atoms with Crippen molar-refractivity contribution in [2.75, 3.05) is 46.5 Å². The predicted octanol–water partition coefficient (Wildman–Crippen LogP) is 3.27. The fourth-order valence-corrected chi connectivity index (χ4v) is 6.13. The lowest BCUT2D eigenvalue weighted by atomic mass is 9.81. The molecule has 2 fully saturated rings. The number of fused-ring (bicyclic) bond motifs is 4. The maximum atomic E-state index is 13.9. The van der Waals surface area contributed by atoms with Gasteiger partial charge < -0.3 is 19.6 Å². The van der Waals surface area contributed by atoms with E-state index in [-0.39, 0.29) is 17.7 Å². The zero-order chi connectivity index (χ0) is 25.7. The normalized spacial score (nSPS) is 24.0. The number of methoxy groups -OCH3 is 1. The Kier molecular flexibility index (Phi) is 5.84. The van der Waals surface area contributed by atoms with Crippen molar-refractivity contribution in [3.05, 3.63) is 59.3 Å². The molecule has 2 atom stereocenters. The molecular weight excluding hydrogens is 472 g/mol. The Morgan fingerprint density at radius 1 is 1.14 bits per heavy atom. The molecule has 194 valence electrons. The van der Waals surface area contributed by atoms with Gasteiger partial charge in [-0.3, -0.25) is 19.5 Å². The lowest BCUT2D eigenvalue weighted by molar-refractivity contribution is -0.133. The quantitative estimate of drug-likeness (QED) is 0.500. The number of urea groups is 1. The molecule has 9 heteroatoms. The van der Waals surface area contributed by atoms with Gasteiger partial charge in [-0.15, -0.1) is 0 Å². The van der Waals surface area contributed by atoms with E-state index in [2.05, 4.69) is 9.88 Å². The minimum atomic E-state index is -1.04. The Balaban J connectivity index is 1.39. The SMILES string of the molecule is COc1ccc2[nH]c3c(c2c1)C[C@@]1(C)C(=O)N(CCCN2CCOCC2)C(=O)N1[C@@H]3c1cccc(O)c1. The van der Waals surface area contributed by atoms with E-state index in [1.165, 1.54) is 4.90 Å². The molecule has 6 rings (SSSR count). The zero-order valence-electron chi connectivity index (χ0n) is 21.2. The van der Waals surface area contributed by atoms with Gasteiger partial charge in [0, 0.05) is 49.2 Å². The maximum absolute atomic E-state index is 13.9. The number of carbonyl (C=O) groups excluding carboxylic acids is 2. The third-order valence-corrected chi connectivity index (χ3v) is 8.02. The molecule has 4 heterocycles. The van der Waals surface area contributed by atoms with Crippen LogP contribution in [0.5, 0.6) is 11.5 Å². The Hall–Kier alpha value is -3.56. The average molecular weight is 505 g/mol. The molecule has 3 amide bonds. The van der Waals surface area contributed by atoms with Crippen molar-refractivity contribution in [3.8, 4) is 11.5 Å². The molecule has 0 unspecified atom stereocenters. The molecule has 0 spiro atoms. The van der Waals surface area contributed by atoms with Crippen LogP contribution in [-0.4, -0.2) is 88.8 Å². The van der Waals surface area contributed by atoms with Crippen LogP contribution in [0.2, 0.25) is 0 Å². The van der Waals surface area contributed by atoms with Crippen molar-refractivity contribution in [1.82, 2.24) is 19.7 Å². The number of nitrogens with one attached hydrogen (secondary N) is 1. The number of ether oxygens (including phenoxy) is 2. The lowest BCUT2D eigenvalue weighted by Gasteiger charge is -2.42. The Labute approximate surface area is 215 Å². The van der Waals surface area contributed by atoms with Gasteiger partial charge in [0.05, 0.1) is 20.3 Å². The molecule has 37 heavy (non-hydrogen) atoms. The highest BCUT2D eigenvalue weighted by atomic mass is 16.5. The van der Waals surface area contributed by atoms with E-state index in [0.29, 0.717) is 19.4 Å². The van der Waals surface area contributed by atoms with Gasteiger partial charge in [0.25, 0.3) is 5.91 Å². The Bertz CT molecular complexity index is 1360. The third kappa shape index (κ3) is 3.84. The van der Waals surface area contributed by atoms with Crippen molar-refractivity contribution >= 4 is 22.8 Å². The summed E-state index contributed by atoms with van der Waals surface area (Å²) in [7, 11) is 1.63. The summed E-state index contributed by atoms with van der Waals surface area (Å²) in [6.45, 7) is 6.23. The first-order valence-electron chi connectivity index (χ1n) is 12.8. The topological polar surface area (TPSA) is 98.3 Å². The second-order valence-corrected chi connectivity index (χ2v) is 10.3. The van der Waals surface area contributed by atoms with Crippen molar-refractivity contribution in [3.63, 3.8) is 0 Å². The fourth-order valence-electron chi connectivity index (χ4n) is 6.13. The van der Waals surface area contributed by atoms with Gasteiger partial charge in [-0.1, -0.05) is 12.1 Å². The molecule has 2 N–H and O–H groups in total. The van der Waals surface area contributed by atoms with Crippen LogP contribution in [0.25, 0.3) is 10.9 Å². The molecule has 0 bridgehead atoms. The maximum Gasteiger partial charge on any atom is 0.328 e. The van der Waals surface area contributed by atoms with Crippen molar-refractivity contribution < 1.29 is 24.2 Å². The van der Waals surface area contributed by atoms with Crippen LogP contribution >= 0.6 is 0 Å². The van der Waals surface area contributed by atoms with Gasteiger partial charge >= 0.3 is 6.03 Å². The van der Waals surface area contributed by atoms with E-state index in [4.69, 9.17) is 9.47 Å². The molecule has 3 aromatic rings. The van der Waals surface area contributed by atoms with Crippen molar-refractivity contribution in [2.45, 2.75) is 31.3 Å². The summed E-state index contributed by atoms with van der Waals surface area (Å²) in [6, 6.07) is 11.9. The number of carbonyl (C=O) groups is 2. The van der Waals surface area contributed by atoms with Crippen LogP contribution in [0, 0.1) is 0 Å². The van der Waals surface area contributed by atoms with Gasteiger partial charge in [0.15, 0.2) is 0 Å². The summed E-state index contributed by atoms with van der Waals surface area (Å²) in [4.78, 5) is 36.8. The minimum Gasteiger partial charge on any atom is -0.508 e. The highest BCUT2D eigenvalue weighted by Gasteiger charge is 2.60. The largest absolute Gasteiger partial charge is 0.508 e. The smallest absolute Gasteiger partial charge is 0.328 e. The van der Waals surface area contributed by atoms with Crippen LogP contribution in [0.4, 0.5) is 4.79 Å². The van der Waals surface area contributed by atoms with Crippen LogP contribution in [0.1, 0.15) is 36.2 Å². The highest BCUT2D eigenvalue weighted by Crippen LogP contribution is 2.49. The first kappa shape index (κ1) is 23.8. The Morgan fingerprint density at radius 2 is 1.95 bits per heavy atom. The molecule has 0 saturated carbocycles. The van der Waals surface area contributed by atoms with Gasteiger partial charge in [-0.2, -0.15) is 0 Å².